The van der Waals surface area contributed by atoms with Gasteiger partial charge in [0.05, 0.1) is 25.1 Å². The Labute approximate surface area is 143 Å². The van der Waals surface area contributed by atoms with Crippen LogP contribution >= 0.6 is 11.3 Å². The zero-order chi connectivity index (χ0) is 17.3. The maximum Gasteiger partial charge on any atom is 0.348 e. The predicted molar refractivity (Wildman–Crippen MR) is 91.6 cm³/mol. The van der Waals surface area contributed by atoms with Gasteiger partial charge in [-0.05, 0) is 32.4 Å². The molecule has 0 amide bonds. The van der Waals surface area contributed by atoms with Crippen molar-refractivity contribution in [1.29, 1.82) is 0 Å². The molecule has 1 atom stereocenters. The van der Waals surface area contributed by atoms with Crippen molar-refractivity contribution in [3.63, 3.8) is 0 Å². The van der Waals surface area contributed by atoms with Gasteiger partial charge >= 0.3 is 5.97 Å². The average Bonchev–Trinajstić information content (AvgIpc) is 3.14. The van der Waals surface area contributed by atoms with Crippen LogP contribution in [0.4, 0.5) is 0 Å². The predicted octanol–water partition coefficient (Wildman–Crippen LogP) is 1.69. The quantitative estimate of drug-likeness (QED) is 0.825. The first-order valence-corrected chi connectivity index (χ1v) is 8.72. The van der Waals surface area contributed by atoms with Crippen LogP contribution in [0.25, 0.3) is 10.2 Å². The van der Waals surface area contributed by atoms with E-state index in [-0.39, 0.29) is 11.7 Å². The number of methoxy groups -OCH3 is 1. The average molecular weight is 351 g/mol. The Bertz CT molecular complexity index is 807. The molecule has 3 heterocycles. The SMILES string of the molecule is COC(=O)c1sc2nc(CN(C)CC3CCCO3)[nH]c(=O)c2c1C. The molecule has 24 heavy (non-hydrogen) atoms. The van der Waals surface area contributed by atoms with Crippen LogP contribution in [0.3, 0.4) is 0 Å². The number of carbonyl (C=O) groups is 1. The van der Waals surface area contributed by atoms with Crippen LogP contribution in [0.1, 0.15) is 33.9 Å². The van der Waals surface area contributed by atoms with Gasteiger partial charge in [0.25, 0.3) is 5.56 Å². The number of aromatic amines is 1. The number of carbonyl (C=O) groups excluding carboxylic acids is 1. The molecule has 2 aromatic heterocycles. The number of H-pyrrole nitrogens is 1. The number of thiophene rings is 1. The van der Waals surface area contributed by atoms with Crippen molar-refractivity contribution in [2.24, 2.45) is 0 Å². The van der Waals surface area contributed by atoms with Gasteiger partial charge < -0.3 is 14.5 Å². The summed E-state index contributed by atoms with van der Waals surface area (Å²) in [6.45, 7) is 3.89. The fourth-order valence-electron chi connectivity index (χ4n) is 3.01. The number of rotatable bonds is 5. The van der Waals surface area contributed by atoms with Crippen molar-refractivity contribution in [3.05, 3.63) is 26.6 Å². The van der Waals surface area contributed by atoms with E-state index in [1.54, 1.807) is 6.92 Å². The molecule has 8 heteroatoms. The lowest BCUT2D eigenvalue weighted by atomic mass is 10.2. The van der Waals surface area contributed by atoms with Crippen molar-refractivity contribution >= 4 is 27.5 Å². The van der Waals surface area contributed by atoms with Crippen molar-refractivity contribution in [2.75, 3.05) is 27.3 Å². The molecule has 1 fully saturated rings. The van der Waals surface area contributed by atoms with Crippen molar-refractivity contribution < 1.29 is 14.3 Å². The van der Waals surface area contributed by atoms with Gasteiger partial charge in [-0.2, -0.15) is 0 Å². The number of nitrogens with zero attached hydrogens (tertiary/aromatic N) is 2. The summed E-state index contributed by atoms with van der Waals surface area (Å²) in [5, 5.41) is 0.464. The molecule has 1 aliphatic heterocycles. The minimum atomic E-state index is -0.438. The van der Waals surface area contributed by atoms with Gasteiger partial charge in [0.1, 0.15) is 15.5 Å². The van der Waals surface area contributed by atoms with Crippen LogP contribution in [0.15, 0.2) is 4.79 Å². The third-order valence-electron chi connectivity index (χ3n) is 4.18. The molecular formula is C16H21N3O4S. The molecule has 0 spiro atoms. The van der Waals surface area contributed by atoms with Gasteiger partial charge in [0.2, 0.25) is 0 Å². The van der Waals surface area contributed by atoms with Crippen LogP contribution in [0, 0.1) is 6.92 Å². The molecule has 1 saturated heterocycles. The Hall–Kier alpha value is -1.77. The fraction of sp³-hybridized carbons (Fsp3) is 0.562. The lowest BCUT2D eigenvalue weighted by Gasteiger charge is -2.19. The molecule has 0 bridgehead atoms. The smallest absolute Gasteiger partial charge is 0.348 e. The van der Waals surface area contributed by atoms with E-state index in [4.69, 9.17) is 9.47 Å². The number of likely N-dealkylation sites (N-methyl/N-ethyl adjacent to an activating group) is 1. The number of esters is 1. The van der Waals surface area contributed by atoms with E-state index in [0.29, 0.717) is 33.0 Å². The Morgan fingerprint density at radius 1 is 1.54 bits per heavy atom. The van der Waals surface area contributed by atoms with Crippen LogP contribution in [-0.2, 0) is 16.0 Å². The second-order valence-electron chi connectivity index (χ2n) is 6.07. The van der Waals surface area contributed by atoms with Crippen LogP contribution in [0.2, 0.25) is 0 Å². The van der Waals surface area contributed by atoms with Crippen LogP contribution < -0.4 is 5.56 Å². The van der Waals surface area contributed by atoms with Gasteiger partial charge in [-0.1, -0.05) is 0 Å². The molecule has 0 saturated carbocycles. The standard InChI is InChI=1S/C16H21N3O4S/c1-9-12-14(20)17-11(8-19(2)7-10-5-4-6-23-10)18-15(12)24-13(9)16(21)22-3/h10H,4-8H2,1-3H3,(H,17,18,20). The lowest BCUT2D eigenvalue weighted by Crippen LogP contribution is -2.29. The highest BCUT2D eigenvalue weighted by Crippen LogP contribution is 2.27. The molecule has 0 aromatic carbocycles. The molecule has 7 nitrogen and oxygen atoms in total. The van der Waals surface area contributed by atoms with Crippen molar-refractivity contribution in [3.8, 4) is 0 Å². The van der Waals surface area contributed by atoms with Gasteiger partial charge in [-0.3, -0.25) is 9.69 Å². The summed E-state index contributed by atoms with van der Waals surface area (Å²) in [6.07, 6.45) is 2.42. The topological polar surface area (TPSA) is 84.5 Å². The van der Waals surface area contributed by atoms with E-state index >= 15 is 0 Å². The highest BCUT2D eigenvalue weighted by atomic mass is 32.1. The minimum absolute atomic E-state index is 0.218. The van der Waals surface area contributed by atoms with Crippen LogP contribution in [0.5, 0.6) is 0 Å². The van der Waals surface area contributed by atoms with Crippen molar-refractivity contribution in [2.45, 2.75) is 32.4 Å². The summed E-state index contributed by atoms with van der Waals surface area (Å²) >= 11 is 1.20. The maximum absolute atomic E-state index is 12.4. The normalized spacial score (nSPS) is 17.8. The molecule has 0 radical (unpaired) electrons. The Morgan fingerprint density at radius 3 is 3.00 bits per heavy atom. The molecule has 1 unspecified atom stereocenters. The molecule has 0 aliphatic carbocycles. The first kappa shape index (κ1) is 17.1. The van der Waals surface area contributed by atoms with E-state index in [0.717, 1.165) is 26.0 Å². The van der Waals surface area contributed by atoms with Crippen molar-refractivity contribution in [1.82, 2.24) is 14.9 Å². The number of hydrogen-bond acceptors (Lipinski definition) is 7. The van der Waals surface area contributed by atoms with E-state index in [1.807, 2.05) is 7.05 Å². The zero-order valence-electron chi connectivity index (χ0n) is 14.0. The summed E-state index contributed by atoms with van der Waals surface area (Å²) in [5.41, 5.74) is 0.402. The number of ether oxygens (including phenoxy) is 2. The van der Waals surface area contributed by atoms with Gasteiger partial charge in [0.15, 0.2) is 0 Å². The lowest BCUT2D eigenvalue weighted by molar-refractivity contribution is 0.0605. The Kier molecular flexibility index (Phi) is 4.98. The zero-order valence-corrected chi connectivity index (χ0v) is 14.9. The highest BCUT2D eigenvalue weighted by molar-refractivity contribution is 7.20. The summed E-state index contributed by atoms with van der Waals surface area (Å²) in [5.74, 6) is 0.151. The molecule has 3 rings (SSSR count). The summed E-state index contributed by atoms with van der Waals surface area (Å²) < 4.78 is 10.4. The number of aryl methyl sites for hydroxylation is 1. The van der Waals surface area contributed by atoms with E-state index < -0.39 is 5.97 Å². The highest BCUT2D eigenvalue weighted by Gasteiger charge is 2.21. The number of aromatic nitrogens is 2. The molecule has 130 valence electrons. The molecular weight excluding hydrogens is 330 g/mol. The Morgan fingerprint density at radius 2 is 2.33 bits per heavy atom. The Balaban J connectivity index is 1.84. The largest absolute Gasteiger partial charge is 0.465 e. The van der Waals surface area contributed by atoms with E-state index in [2.05, 4.69) is 14.9 Å². The second-order valence-corrected chi connectivity index (χ2v) is 7.07. The monoisotopic (exact) mass is 351 g/mol. The van der Waals surface area contributed by atoms with Gasteiger partial charge in [0, 0.05) is 13.2 Å². The van der Waals surface area contributed by atoms with E-state index in [1.165, 1.54) is 18.4 Å². The summed E-state index contributed by atoms with van der Waals surface area (Å²) in [4.78, 5) is 34.6. The first-order chi connectivity index (χ1) is 11.5. The third-order valence-corrected chi connectivity index (χ3v) is 5.35. The van der Waals surface area contributed by atoms with Crippen LogP contribution in [-0.4, -0.2) is 54.3 Å². The van der Waals surface area contributed by atoms with E-state index in [9.17, 15) is 9.59 Å². The number of fused-ring (bicyclic) bond motifs is 1. The summed E-state index contributed by atoms with van der Waals surface area (Å²) in [7, 11) is 3.31. The molecule has 1 aliphatic rings. The fourth-order valence-corrected chi connectivity index (χ4v) is 4.13. The minimum Gasteiger partial charge on any atom is -0.465 e. The number of nitrogens with one attached hydrogen (secondary N) is 1. The number of hydrogen-bond donors (Lipinski definition) is 1. The first-order valence-electron chi connectivity index (χ1n) is 7.90. The summed E-state index contributed by atoms with van der Waals surface area (Å²) in [6, 6.07) is 0. The maximum atomic E-state index is 12.4. The van der Waals surface area contributed by atoms with Gasteiger partial charge in [-0.15, -0.1) is 11.3 Å². The second kappa shape index (κ2) is 7.00. The van der Waals surface area contributed by atoms with Gasteiger partial charge in [-0.25, -0.2) is 9.78 Å². The molecule has 2 aromatic rings. The third kappa shape index (κ3) is 3.35. The molecule has 1 N–H and O–H groups in total.